The molecular formula is C92H64N6. The van der Waals surface area contributed by atoms with Gasteiger partial charge in [-0.3, -0.25) is 0 Å². The molecule has 0 saturated carbocycles. The van der Waals surface area contributed by atoms with Gasteiger partial charge in [-0.15, -0.1) is 0 Å². The molecule has 15 aromatic rings. The van der Waals surface area contributed by atoms with E-state index >= 15 is 0 Å². The van der Waals surface area contributed by atoms with Gasteiger partial charge in [0.2, 0.25) is 0 Å². The van der Waals surface area contributed by atoms with Crippen molar-refractivity contribution in [1.29, 1.82) is 0 Å². The van der Waals surface area contributed by atoms with Crippen molar-refractivity contribution < 1.29 is 0 Å². The number of hydrogen-bond donors (Lipinski definition) is 0. The lowest BCUT2D eigenvalue weighted by molar-refractivity contribution is 0.660. The van der Waals surface area contributed by atoms with Gasteiger partial charge in [-0.1, -0.05) is 307 Å². The Balaban J connectivity index is 0.629. The van der Waals surface area contributed by atoms with Crippen LogP contribution in [0.25, 0.3) is 135 Å². The lowest BCUT2D eigenvalue weighted by Gasteiger charge is -2.42. The van der Waals surface area contributed by atoms with Gasteiger partial charge in [-0.2, -0.15) is 0 Å². The average molecular weight is 1250 g/mol. The van der Waals surface area contributed by atoms with Crippen molar-refractivity contribution in [2.75, 3.05) is 0 Å². The van der Waals surface area contributed by atoms with Gasteiger partial charge in [0.15, 0.2) is 34.9 Å². The molecule has 2 atom stereocenters. The quantitative estimate of drug-likeness (QED) is 0.136. The number of aromatic nitrogens is 6. The van der Waals surface area contributed by atoms with Crippen LogP contribution in [-0.2, 0) is 10.8 Å². The van der Waals surface area contributed by atoms with Crippen molar-refractivity contribution in [3.05, 3.63) is 359 Å². The zero-order valence-corrected chi connectivity index (χ0v) is 54.7. The second kappa shape index (κ2) is 22.2. The highest BCUT2D eigenvalue weighted by Gasteiger charge is 2.42. The maximum Gasteiger partial charge on any atom is 0.164 e. The Morgan fingerprint density at radius 2 is 0.459 bits per heavy atom. The maximum absolute atomic E-state index is 5.31. The van der Waals surface area contributed by atoms with Crippen LogP contribution in [0.15, 0.2) is 303 Å². The van der Waals surface area contributed by atoms with E-state index in [9.17, 15) is 0 Å². The van der Waals surface area contributed by atoms with Crippen LogP contribution in [0, 0.1) is 0 Å². The number of nitrogens with zero attached hydrogens (tertiary/aromatic N) is 6. The molecule has 0 N–H and O–H groups in total. The summed E-state index contributed by atoms with van der Waals surface area (Å²) in [6, 6.07) is 110. The van der Waals surface area contributed by atoms with E-state index in [1.165, 1.54) is 89.0 Å². The van der Waals surface area contributed by atoms with Gasteiger partial charge < -0.3 is 0 Å². The zero-order valence-electron chi connectivity index (χ0n) is 54.7. The number of benzene rings is 13. The number of fused-ring (bicyclic) bond motifs is 6. The van der Waals surface area contributed by atoms with Crippen molar-refractivity contribution in [1.82, 2.24) is 29.9 Å². The minimum Gasteiger partial charge on any atom is -0.208 e. The Morgan fingerprint density at radius 1 is 0.184 bits per heavy atom. The normalized spacial score (nSPS) is 15.1. The fraction of sp³-hybridized carbons (Fsp3) is 0.0870. The Labute approximate surface area is 570 Å². The summed E-state index contributed by atoms with van der Waals surface area (Å²) in [5.41, 5.74) is 33.2. The first-order valence-electron chi connectivity index (χ1n) is 34.0. The molecule has 6 heteroatoms. The molecule has 2 aromatic heterocycles. The van der Waals surface area contributed by atoms with Gasteiger partial charge in [0.05, 0.1) is 0 Å². The van der Waals surface area contributed by atoms with Crippen molar-refractivity contribution in [2.24, 2.45) is 0 Å². The van der Waals surface area contributed by atoms with Crippen LogP contribution in [0.4, 0.5) is 0 Å². The van der Waals surface area contributed by atoms with E-state index in [-0.39, 0.29) is 22.7 Å². The van der Waals surface area contributed by atoms with Gasteiger partial charge in [0, 0.05) is 56.0 Å². The highest BCUT2D eigenvalue weighted by molar-refractivity contribution is 5.90. The Kier molecular flexibility index (Phi) is 13.0. The fourth-order valence-corrected chi connectivity index (χ4v) is 16.5. The molecular weight excluding hydrogens is 1190 g/mol. The number of hydrogen-bond acceptors (Lipinski definition) is 6. The molecule has 13 aromatic carbocycles. The molecule has 0 spiro atoms. The monoisotopic (exact) mass is 1250 g/mol. The predicted molar refractivity (Wildman–Crippen MR) is 397 cm³/mol. The molecule has 20 rings (SSSR count). The van der Waals surface area contributed by atoms with Crippen LogP contribution < -0.4 is 0 Å². The molecule has 0 saturated heterocycles. The third-order valence-electron chi connectivity index (χ3n) is 21.4. The van der Waals surface area contributed by atoms with Crippen LogP contribution in [0.5, 0.6) is 0 Å². The summed E-state index contributed by atoms with van der Waals surface area (Å²) in [6.45, 7) is 9.33. The van der Waals surface area contributed by atoms with Gasteiger partial charge in [-0.05, 0) is 147 Å². The summed E-state index contributed by atoms with van der Waals surface area (Å²) in [5.74, 6) is 3.97. The van der Waals surface area contributed by atoms with E-state index in [4.69, 9.17) is 29.9 Å². The molecule has 0 fully saturated rings. The summed E-state index contributed by atoms with van der Waals surface area (Å²) in [7, 11) is 0. The molecule has 2 unspecified atom stereocenters. The molecule has 0 aliphatic heterocycles. The summed E-state index contributed by atoms with van der Waals surface area (Å²) < 4.78 is 0. The van der Waals surface area contributed by atoms with E-state index in [2.05, 4.69) is 295 Å². The zero-order chi connectivity index (χ0) is 65.4. The van der Waals surface area contributed by atoms with Crippen molar-refractivity contribution in [2.45, 2.75) is 50.4 Å². The number of rotatable bonds is 10. The highest BCUT2D eigenvalue weighted by atomic mass is 15.0. The first-order valence-corrected chi connectivity index (χ1v) is 34.0. The van der Waals surface area contributed by atoms with Crippen LogP contribution in [0.3, 0.4) is 0 Å². The van der Waals surface area contributed by atoms with Gasteiger partial charge in [0.25, 0.3) is 0 Å². The Bertz CT molecular complexity index is 5400. The van der Waals surface area contributed by atoms with Crippen LogP contribution in [0.2, 0.25) is 0 Å². The molecule has 5 aliphatic rings. The van der Waals surface area contributed by atoms with Gasteiger partial charge >= 0.3 is 0 Å². The predicted octanol–water partition coefficient (Wildman–Crippen LogP) is 22.3. The standard InChI is InChI=1S/C92H64N6/c1-91(2)79-33-19-17-27-67(79)69-47-45-63(53-81(69)91)65-25-11-15-31-75(65)89-95-85(57-21-7-5-8-22-57)93-87(97-89)59-39-35-55(36-40-59)61-43-49-73-77(51-61)83-71-29-13-14-30-72(71)84(73)78-52-62(44-50-74(78)83)56-37-41-60(42-38-56)88-94-86(58-23-9-6-10-24-58)96-90(98-88)76-32-16-12-26-66(76)64-46-48-70-68-28-18-20-34-80(68)92(3,4)82(70)54-64/h5-54,83-84H,1-4H3. The largest absolute Gasteiger partial charge is 0.208 e. The minimum absolute atomic E-state index is 0.0908. The Morgan fingerprint density at radius 3 is 0.857 bits per heavy atom. The molecule has 98 heavy (non-hydrogen) atoms. The average Bonchev–Trinajstić information content (AvgIpc) is 1.03. The molecule has 0 amide bonds. The molecule has 0 radical (unpaired) electrons. The van der Waals surface area contributed by atoms with E-state index in [0.29, 0.717) is 34.9 Å². The van der Waals surface area contributed by atoms with Crippen molar-refractivity contribution >= 4 is 0 Å². The van der Waals surface area contributed by atoms with E-state index in [1.54, 1.807) is 0 Å². The molecule has 2 bridgehead atoms. The summed E-state index contributed by atoms with van der Waals surface area (Å²) in [4.78, 5) is 31.4. The summed E-state index contributed by atoms with van der Waals surface area (Å²) in [6.07, 6.45) is 0. The van der Waals surface area contributed by atoms with Crippen molar-refractivity contribution in [3.8, 4) is 135 Å². The molecule has 5 aliphatic carbocycles. The van der Waals surface area contributed by atoms with Crippen molar-refractivity contribution in [3.63, 3.8) is 0 Å². The second-order valence-corrected chi connectivity index (χ2v) is 27.6. The SMILES string of the molecule is CC1(C)c2ccccc2-c2ccc(-c3ccccc3-c3nc(-c4ccccc4)nc(-c4ccc(-c5ccc6c(c5)C5c7ccccc7C6c6cc(-c7ccc(-c8nc(-c9ccccc9)nc(-c9ccccc9-c9ccc%10c(c9)C(C)(C)c9ccccc9-%10)n8)cc7)ccc65)cc4)n3)cc21. The first-order chi connectivity index (χ1) is 48.1. The topological polar surface area (TPSA) is 77.3 Å². The minimum atomic E-state index is -0.129. The third-order valence-corrected chi connectivity index (χ3v) is 21.4. The van der Waals surface area contributed by atoms with E-state index in [0.717, 1.165) is 66.8 Å². The van der Waals surface area contributed by atoms with E-state index in [1.807, 2.05) is 36.4 Å². The lowest BCUT2D eigenvalue weighted by atomic mass is 9.60. The highest BCUT2D eigenvalue weighted by Crippen LogP contribution is 2.58. The fourth-order valence-electron chi connectivity index (χ4n) is 16.5. The molecule has 6 nitrogen and oxygen atoms in total. The first kappa shape index (κ1) is 57.3. The van der Waals surface area contributed by atoms with Crippen LogP contribution in [-0.4, -0.2) is 29.9 Å². The summed E-state index contributed by atoms with van der Waals surface area (Å²) >= 11 is 0. The Hall–Kier alpha value is -12.1. The molecule has 462 valence electrons. The second-order valence-electron chi connectivity index (χ2n) is 27.6. The lowest BCUT2D eigenvalue weighted by Crippen LogP contribution is -2.27. The van der Waals surface area contributed by atoms with Gasteiger partial charge in [-0.25, -0.2) is 29.9 Å². The van der Waals surface area contributed by atoms with Crippen LogP contribution in [0.1, 0.15) is 95.2 Å². The summed E-state index contributed by atoms with van der Waals surface area (Å²) in [5, 5.41) is 0. The van der Waals surface area contributed by atoms with Gasteiger partial charge in [0.1, 0.15) is 0 Å². The maximum atomic E-state index is 5.31. The smallest absolute Gasteiger partial charge is 0.164 e. The van der Waals surface area contributed by atoms with E-state index < -0.39 is 0 Å². The van der Waals surface area contributed by atoms with Crippen LogP contribution >= 0.6 is 0 Å². The third kappa shape index (κ3) is 9.15. The molecule has 2 heterocycles.